The molecule has 2 saturated heterocycles. The van der Waals surface area contributed by atoms with E-state index < -0.39 is 60.4 Å². The lowest BCUT2D eigenvalue weighted by atomic mass is 9.78. The number of allylic oxidation sites excluding steroid dienone is 2. The maximum atomic E-state index is 13.0. The van der Waals surface area contributed by atoms with E-state index in [1.54, 1.807) is 13.0 Å². The van der Waals surface area contributed by atoms with E-state index in [1.165, 1.54) is 13.2 Å². The van der Waals surface area contributed by atoms with Gasteiger partial charge in [0.25, 0.3) is 0 Å². The van der Waals surface area contributed by atoms with Crippen LogP contribution in [0.1, 0.15) is 40.0 Å². The molecule has 2 heterocycles. The maximum Gasteiger partial charge on any atom is 0.336 e. The molecule has 3 rings (SSSR count). The molecule has 7 atom stereocenters. The van der Waals surface area contributed by atoms with Crippen LogP contribution in [0.25, 0.3) is 0 Å². The summed E-state index contributed by atoms with van der Waals surface area (Å²) in [5.41, 5.74) is -0.904. The molecule has 1 aliphatic carbocycles. The largest absolute Gasteiger partial charge is 0.466 e. The zero-order valence-corrected chi connectivity index (χ0v) is 21.2. The number of esters is 3. The predicted molar refractivity (Wildman–Crippen MR) is 126 cm³/mol. The summed E-state index contributed by atoms with van der Waals surface area (Å²) in [4.78, 5) is 38.6. The smallest absolute Gasteiger partial charge is 0.336 e. The lowest BCUT2D eigenvalue weighted by Gasteiger charge is -2.37. The number of fused-ring (bicyclic) bond motifs is 1. The summed E-state index contributed by atoms with van der Waals surface area (Å²) in [6, 6.07) is 0. The van der Waals surface area contributed by atoms with Gasteiger partial charge in [0.15, 0.2) is 0 Å². The number of methoxy groups -OCH3 is 1. The summed E-state index contributed by atoms with van der Waals surface area (Å²) in [5, 5.41) is 20.9. The Morgan fingerprint density at radius 2 is 2.08 bits per heavy atom. The first-order valence-electron chi connectivity index (χ1n) is 12.2. The van der Waals surface area contributed by atoms with Gasteiger partial charge < -0.3 is 33.9 Å². The number of carbonyl (C=O) groups is 3. The second-order valence-corrected chi connectivity index (χ2v) is 9.52. The van der Waals surface area contributed by atoms with E-state index in [0.717, 1.165) is 6.42 Å². The highest BCUT2D eigenvalue weighted by molar-refractivity contribution is 5.93. The van der Waals surface area contributed by atoms with Crippen LogP contribution in [0.3, 0.4) is 0 Å². The fraction of sp³-hybridized carbons (Fsp3) is 0.654. The summed E-state index contributed by atoms with van der Waals surface area (Å²) in [6.07, 6.45) is -0.332. The Bertz CT molecular complexity index is 931. The molecule has 0 saturated carbocycles. The summed E-state index contributed by atoms with van der Waals surface area (Å²) in [5.74, 6) is -3.24. The minimum atomic E-state index is -1.30. The molecule has 0 aromatic rings. The van der Waals surface area contributed by atoms with Gasteiger partial charge in [0, 0.05) is 5.57 Å². The number of hydrogen-bond donors (Lipinski definition) is 2. The molecule has 0 aromatic heterocycles. The molecule has 0 bridgehead atoms. The lowest BCUT2D eigenvalue weighted by molar-refractivity contribution is -0.166. The van der Waals surface area contributed by atoms with Gasteiger partial charge in [-0.1, -0.05) is 39.0 Å². The van der Waals surface area contributed by atoms with Gasteiger partial charge in [-0.05, 0) is 25.7 Å². The Morgan fingerprint density at radius 3 is 2.64 bits per heavy atom. The molecule has 0 amide bonds. The number of rotatable bonds is 8. The van der Waals surface area contributed by atoms with Crippen LogP contribution in [0, 0.1) is 11.8 Å². The van der Waals surface area contributed by atoms with E-state index in [9.17, 15) is 24.6 Å². The van der Waals surface area contributed by atoms with Gasteiger partial charge >= 0.3 is 17.9 Å². The minimum Gasteiger partial charge on any atom is -0.466 e. The monoisotopic (exact) mass is 508 g/mol. The van der Waals surface area contributed by atoms with Crippen LogP contribution in [-0.2, 0) is 38.1 Å². The van der Waals surface area contributed by atoms with Crippen molar-refractivity contribution in [3.05, 3.63) is 35.5 Å². The van der Waals surface area contributed by atoms with Crippen molar-refractivity contribution in [2.45, 2.75) is 70.1 Å². The highest BCUT2D eigenvalue weighted by Crippen LogP contribution is 2.46. The molecule has 3 aliphatic rings. The van der Waals surface area contributed by atoms with Crippen molar-refractivity contribution >= 4 is 17.9 Å². The van der Waals surface area contributed by atoms with Crippen LogP contribution < -0.4 is 0 Å². The normalized spacial score (nSPS) is 33.3. The van der Waals surface area contributed by atoms with Gasteiger partial charge in [0.1, 0.15) is 30.0 Å². The molecular formula is C26H36O10. The molecule has 7 unspecified atom stereocenters. The highest BCUT2D eigenvalue weighted by Gasteiger charge is 2.61. The van der Waals surface area contributed by atoms with Gasteiger partial charge in [0.05, 0.1) is 44.0 Å². The second-order valence-electron chi connectivity index (χ2n) is 9.52. The van der Waals surface area contributed by atoms with Gasteiger partial charge in [-0.3, -0.25) is 0 Å². The Kier molecular flexibility index (Phi) is 9.10. The summed E-state index contributed by atoms with van der Waals surface area (Å²) in [7, 11) is 1.23. The highest BCUT2D eigenvalue weighted by atomic mass is 16.6. The topological polar surface area (TPSA) is 141 Å². The molecule has 2 N–H and O–H groups in total. The number of aliphatic hydroxyl groups excluding tert-OH is 2. The molecule has 0 radical (unpaired) electrons. The van der Waals surface area contributed by atoms with Crippen molar-refractivity contribution in [2.75, 3.05) is 26.9 Å². The molecule has 2 aliphatic heterocycles. The first-order chi connectivity index (χ1) is 17.1. The summed E-state index contributed by atoms with van der Waals surface area (Å²) in [6.45, 7) is 9.26. The number of hydrogen-bond acceptors (Lipinski definition) is 10. The fourth-order valence-electron chi connectivity index (χ4n) is 4.56. The van der Waals surface area contributed by atoms with Crippen LogP contribution in [-0.4, -0.2) is 85.1 Å². The Hall–Kier alpha value is -2.53. The summed E-state index contributed by atoms with van der Waals surface area (Å²) >= 11 is 0. The Morgan fingerprint density at radius 1 is 1.39 bits per heavy atom. The van der Waals surface area contributed by atoms with E-state index >= 15 is 0 Å². The van der Waals surface area contributed by atoms with Crippen LogP contribution in [0.4, 0.5) is 0 Å². The van der Waals surface area contributed by atoms with Crippen molar-refractivity contribution in [2.24, 2.45) is 11.8 Å². The fourth-order valence-corrected chi connectivity index (χ4v) is 4.56. The molecule has 36 heavy (non-hydrogen) atoms. The standard InChI is InChI=1S/C26H36O10/c1-6-14(3)12-33-19-17(25(31)32-5)9-8-10-26(13-34-26)22(28)21-18(15(4)23(29)36-21)20(19)35-24(30)16(7-2)11-27/h7,9,14,18-22,27-28H,4,6,8,10-13H2,1-3,5H3. The van der Waals surface area contributed by atoms with Crippen molar-refractivity contribution < 1.29 is 48.3 Å². The lowest BCUT2D eigenvalue weighted by Crippen LogP contribution is -2.52. The third-order valence-electron chi connectivity index (χ3n) is 7.22. The van der Waals surface area contributed by atoms with Crippen molar-refractivity contribution in [1.82, 2.24) is 0 Å². The quantitative estimate of drug-likeness (QED) is 0.214. The summed E-state index contributed by atoms with van der Waals surface area (Å²) < 4.78 is 28.2. The SMILES string of the molecule is C=C1C(=O)OC2C1C(OC(=O)C(=CC)CO)C(OCC(C)CC)C(C(=O)OC)=CCCC1(CO1)C2O. The molecule has 2 fully saturated rings. The van der Waals surface area contributed by atoms with E-state index in [1.807, 2.05) is 13.8 Å². The number of carbonyl (C=O) groups excluding carboxylic acids is 3. The third-order valence-corrected chi connectivity index (χ3v) is 7.22. The zero-order valence-electron chi connectivity index (χ0n) is 21.2. The van der Waals surface area contributed by atoms with Crippen molar-refractivity contribution in [1.29, 1.82) is 0 Å². The number of aliphatic hydroxyl groups is 2. The average molecular weight is 509 g/mol. The van der Waals surface area contributed by atoms with Gasteiger partial charge in [-0.15, -0.1) is 0 Å². The molecule has 10 nitrogen and oxygen atoms in total. The molecule has 200 valence electrons. The second kappa shape index (κ2) is 11.7. The molecule has 10 heteroatoms. The number of ether oxygens (including phenoxy) is 5. The van der Waals surface area contributed by atoms with Crippen molar-refractivity contribution in [3.63, 3.8) is 0 Å². The Labute approximate surface area is 210 Å². The van der Waals surface area contributed by atoms with E-state index in [2.05, 4.69) is 6.58 Å². The first kappa shape index (κ1) is 28.0. The first-order valence-corrected chi connectivity index (χ1v) is 12.2. The van der Waals surface area contributed by atoms with E-state index in [0.29, 0.717) is 12.8 Å². The number of epoxide rings is 1. The molecular weight excluding hydrogens is 472 g/mol. The zero-order chi connectivity index (χ0) is 26.6. The van der Waals surface area contributed by atoms with Crippen LogP contribution >= 0.6 is 0 Å². The third kappa shape index (κ3) is 5.56. The van der Waals surface area contributed by atoms with Crippen molar-refractivity contribution in [3.8, 4) is 0 Å². The van der Waals surface area contributed by atoms with Crippen LogP contribution in [0.15, 0.2) is 35.5 Å². The van der Waals surface area contributed by atoms with Gasteiger partial charge in [-0.2, -0.15) is 0 Å². The van der Waals surface area contributed by atoms with Crippen LogP contribution in [0.5, 0.6) is 0 Å². The molecule has 1 spiro atoms. The average Bonchev–Trinajstić information content (AvgIpc) is 3.60. The predicted octanol–water partition coefficient (Wildman–Crippen LogP) is 1.39. The van der Waals surface area contributed by atoms with Gasteiger partial charge in [0.2, 0.25) is 0 Å². The Balaban J connectivity index is 2.17. The van der Waals surface area contributed by atoms with Crippen LogP contribution in [0.2, 0.25) is 0 Å². The van der Waals surface area contributed by atoms with E-state index in [-0.39, 0.29) is 35.9 Å². The maximum absolute atomic E-state index is 13.0. The molecule has 0 aromatic carbocycles. The minimum absolute atomic E-state index is 0.0219. The van der Waals surface area contributed by atoms with Gasteiger partial charge in [-0.25, -0.2) is 14.4 Å². The van der Waals surface area contributed by atoms with E-state index in [4.69, 9.17) is 23.7 Å².